The normalized spacial score (nSPS) is 10.4. The molecular weight excluding hydrogens is 458 g/mol. The number of hydrogen-bond acceptors (Lipinski definition) is 5. The molecule has 148 valence electrons. The maximum atomic E-state index is 12.3. The molecule has 2 aromatic carbocycles. The standard InChI is InChI=1S/C20H16BrN3O4S/c1-12-2-3-14(10-17(12)24(26)27)19(25)23-20(29)22-11-16-8-9-18(28-16)13-4-6-15(21)7-5-13/h2-10H,11H2,1H3,(H2,22,23,25,29). The zero-order valence-electron chi connectivity index (χ0n) is 15.3. The number of nitro benzene ring substituents is 1. The summed E-state index contributed by atoms with van der Waals surface area (Å²) in [5, 5.41) is 16.5. The van der Waals surface area contributed by atoms with Crippen LogP contribution >= 0.6 is 28.1 Å². The second-order valence-corrected chi connectivity index (χ2v) is 7.49. The van der Waals surface area contributed by atoms with Crippen LogP contribution in [0.2, 0.25) is 0 Å². The van der Waals surface area contributed by atoms with Gasteiger partial charge in [0.2, 0.25) is 0 Å². The number of carbonyl (C=O) groups excluding carboxylic acids is 1. The van der Waals surface area contributed by atoms with Crippen LogP contribution in [-0.2, 0) is 6.54 Å². The van der Waals surface area contributed by atoms with Crippen molar-refractivity contribution in [2.75, 3.05) is 0 Å². The number of nitrogens with one attached hydrogen (secondary N) is 2. The Morgan fingerprint density at radius 3 is 2.59 bits per heavy atom. The van der Waals surface area contributed by atoms with Gasteiger partial charge in [0.05, 0.1) is 11.5 Å². The topological polar surface area (TPSA) is 97.4 Å². The lowest BCUT2D eigenvalue weighted by atomic mass is 10.1. The summed E-state index contributed by atoms with van der Waals surface area (Å²) in [6.07, 6.45) is 0. The van der Waals surface area contributed by atoms with Gasteiger partial charge < -0.3 is 9.73 Å². The Morgan fingerprint density at radius 2 is 1.90 bits per heavy atom. The minimum absolute atomic E-state index is 0.0971. The summed E-state index contributed by atoms with van der Waals surface area (Å²) in [6, 6.07) is 15.7. The molecule has 0 unspecified atom stereocenters. The highest BCUT2D eigenvalue weighted by atomic mass is 79.9. The van der Waals surface area contributed by atoms with E-state index < -0.39 is 10.8 Å². The molecule has 0 atom stereocenters. The summed E-state index contributed by atoms with van der Waals surface area (Å²) in [5.74, 6) is 0.835. The van der Waals surface area contributed by atoms with E-state index in [2.05, 4.69) is 26.6 Å². The number of nitrogens with zero attached hydrogens (tertiary/aromatic N) is 1. The van der Waals surface area contributed by atoms with Crippen molar-refractivity contribution in [2.24, 2.45) is 0 Å². The molecule has 0 saturated carbocycles. The summed E-state index contributed by atoms with van der Waals surface area (Å²) in [7, 11) is 0. The van der Waals surface area contributed by atoms with Crippen molar-refractivity contribution in [3.05, 3.63) is 86.1 Å². The fraction of sp³-hybridized carbons (Fsp3) is 0.100. The van der Waals surface area contributed by atoms with E-state index in [1.807, 2.05) is 36.4 Å². The highest BCUT2D eigenvalue weighted by molar-refractivity contribution is 9.10. The molecule has 0 radical (unpaired) electrons. The van der Waals surface area contributed by atoms with Gasteiger partial charge in [-0.2, -0.15) is 0 Å². The third kappa shape index (κ3) is 5.27. The first-order valence-corrected chi connectivity index (χ1v) is 9.72. The molecule has 9 heteroatoms. The van der Waals surface area contributed by atoms with Crippen LogP contribution in [-0.4, -0.2) is 15.9 Å². The Morgan fingerprint density at radius 1 is 1.17 bits per heavy atom. The number of benzene rings is 2. The number of hydrogen-bond donors (Lipinski definition) is 2. The van der Waals surface area contributed by atoms with Crippen molar-refractivity contribution < 1.29 is 14.1 Å². The number of rotatable bonds is 5. The van der Waals surface area contributed by atoms with E-state index in [1.54, 1.807) is 6.92 Å². The van der Waals surface area contributed by atoms with Crippen LogP contribution in [0.3, 0.4) is 0 Å². The highest BCUT2D eigenvalue weighted by Crippen LogP contribution is 2.24. The van der Waals surface area contributed by atoms with Crippen molar-refractivity contribution in [1.82, 2.24) is 10.6 Å². The van der Waals surface area contributed by atoms with Crippen molar-refractivity contribution in [3.63, 3.8) is 0 Å². The lowest BCUT2D eigenvalue weighted by Gasteiger charge is -2.09. The quantitative estimate of drug-likeness (QED) is 0.315. The fourth-order valence-corrected chi connectivity index (χ4v) is 3.01. The zero-order valence-corrected chi connectivity index (χ0v) is 17.7. The highest BCUT2D eigenvalue weighted by Gasteiger charge is 2.16. The largest absolute Gasteiger partial charge is 0.459 e. The number of amides is 1. The summed E-state index contributed by atoms with van der Waals surface area (Å²) in [5.41, 5.74) is 1.46. The number of aryl methyl sites for hydroxylation is 1. The van der Waals surface area contributed by atoms with Crippen molar-refractivity contribution in [1.29, 1.82) is 0 Å². The molecule has 2 N–H and O–H groups in total. The maximum Gasteiger partial charge on any atom is 0.273 e. The van der Waals surface area contributed by atoms with Crippen LogP contribution < -0.4 is 10.6 Å². The molecular formula is C20H16BrN3O4S. The van der Waals surface area contributed by atoms with Crippen LogP contribution in [0, 0.1) is 17.0 Å². The Balaban J connectivity index is 1.58. The number of carbonyl (C=O) groups is 1. The number of thiocarbonyl (C=S) groups is 1. The molecule has 7 nitrogen and oxygen atoms in total. The minimum atomic E-state index is -0.527. The average Bonchev–Trinajstić information content (AvgIpc) is 3.16. The third-order valence-electron chi connectivity index (χ3n) is 4.11. The molecule has 0 spiro atoms. The Labute approximate surface area is 180 Å². The number of furan rings is 1. The maximum absolute atomic E-state index is 12.3. The first-order valence-electron chi connectivity index (χ1n) is 8.52. The molecule has 1 heterocycles. The Kier molecular flexibility index (Phi) is 6.40. The molecule has 0 aliphatic heterocycles. The summed E-state index contributed by atoms with van der Waals surface area (Å²) < 4.78 is 6.76. The van der Waals surface area contributed by atoms with Gasteiger partial charge in [0.25, 0.3) is 11.6 Å². The molecule has 3 aromatic rings. The van der Waals surface area contributed by atoms with Crippen LogP contribution in [0.1, 0.15) is 21.7 Å². The van der Waals surface area contributed by atoms with E-state index in [1.165, 1.54) is 18.2 Å². The van der Waals surface area contributed by atoms with Crippen LogP contribution in [0.4, 0.5) is 5.69 Å². The monoisotopic (exact) mass is 473 g/mol. The van der Waals surface area contributed by atoms with E-state index >= 15 is 0 Å². The first kappa shape index (κ1) is 20.7. The SMILES string of the molecule is Cc1ccc(C(=O)NC(=S)NCc2ccc(-c3ccc(Br)cc3)o2)cc1[N+](=O)[O-]. The number of nitro groups is 1. The minimum Gasteiger partial charge on any atom is -0.459 e. The van der Waals surface area contributed by atoms with E-state index in [0.717, 1.165) is 15.8 Å². The van der Waals surface area contributed by atoms with Crippen molar-refractivity contribution in [3.8, 4) is 11.3 Å². The molecule has 0 saturated heterocycles. The molecule has 29 heavy (non-hydrogen) atoms. The van der Waals surface area contributed by atoms with Crippen LogP contribution in [0.5, 0.6) is 0 Å². The van der Waals surface area contributed by atoms with Gasteiger partial charge in [-0.25, -0.2) is 0 Å². The van der Waals surface area contributed by atoms with E-state index in [9.17, 15) is 14.9 Å². The van der Waals surface area contributed by atoms with Gasteiger partial charge >= 0.3 is 0 Å². The van der Waals surface area contributed by atoms with Gasteiger partial charge in [-0.1, -0.05) is 34.1 Å². The first-order chi connectivity index (χ1) is 13.8. The Hall–Kier alpha value is -3.04. The predicted molar refractivity (Wildman–Crippen MR) is 117 cm³/mol. The van der Waals surface area contributed by atoms with Gasteiger partial charge in [-0.05, 0) is 49.5 Å². The molecule has 3 rings (SSSR count). The lowest BCUT2D eigenvalue weighted by Crippen LogP contribution is -2.38. The van der Waals surface area contributed by atoms with E-state index in [-0.39, 0.29) is 22.9 Å². The Bertz CT molecular complexity index is 1080. The fourth-order valence-electron chi connectivity index (χ4n) is 2.58. The van der Waals surface area contributed by atoms with Gasteiger partial charge in [0.1, 0.15) is 11.5 Å². The zero-order chi connectivity index (χ0) is 21.0. The smallest absolute Gasteiger partial charge is 0.273 e. The van der Waals surface area contributed by atoms with E-state index in [0.29, 0.717) is 11.3 Å². The predicted octanol–water partition coefficient (Wildman–Crippen LogP) is 4.73. The molecule has 0 aliphatic carbocycles. The van der Waals surface area contributed by atoms with Crippen molar-refractivity contribution >= 4 is 44.9 Å². The number of halogens is 1. The van der Waals surface area contributed by atoms with Crippen molar-refractivity contribution in [2.45, 2.75) is 13.5 Å². The summed E-state index contributed by atoms with van der Waals surface area (Å²) in [6.45, 7) is 1.89. The second-order valence-electron chi connectivity index (χ2n) is 6.17. The summed E-state index contributed by atoms with van der Waals surface area (Å²) >= 11 is 8.52. The molecule has 1 aromatic heterocycles. The van der Waals surface area contributed by atoms with Gasteiger partial charge in [0.15, 0.2) is 5.11 Å². The molecule has 0 bridgehead atoms. The average molecular weight is 474 g/mol. The van der Waals surface area contributed by atoms with Crippen LogP contribution in [0.15, 0.2) is 63.5 Å². The van der Waals surface area contributed by atoms with Gasteiger partial charge in [-0.15, -0.1) is 0 Å². The molecule has 0 fully saturated rings. The van der Waals surface area contributed by atoms with Gasteiger partial charge in [-0.3, -0.25) is 20.2 Å². The molecule has 0 aliphatic rings. The summed E-state index contributed by atoms with van der Waals surface area (Å²) in [4.78, 5) is 22.8. The van der Waals surface area contributed by atoms with Gasteiger partial charge in [0, 0.05) is 27.2 Å². The molecule has 1 amide bonds. The lowest BCUT2D eigenvalue weighted by molar-refractivity contribution is -0.385. The third-order valence-corrected chi connectivity index (χ3v) is 4.88. The van der Waals surface area contributed by atoms with E-state index in [4.69, 9.17) is 16.6 Å². The van der Waals surface area contributed by atoms with Crippen LogP contribution in [0.25, 0.3) is 11.3 Å². The second kappa shape index (κ2) is 8.97.